The van der Waals surface area contributed by atoms with E-state index in [-0.39, 0.29) is 12.6 Å². The Kier molecular flexibility index (Phi) is 6.41. The predicted molar refractivity (Wildman–Crippen MR) is 72.3 cm³/mol. The molecule has 2 N–H and O–H groups in total. The average Bonchev–Trinajstić information content (AvgIpc) is 2.30. The lowest BCUT2D eigenvalue weighted by atomic mass is 10.1. The summed E-state index contributed by atoms with van der Waals surface area (Å²) in [6.07, 6.45) is 1.20. The van der Waals surface area contributed by atoms with Crippen molar-refractivity contribution in [1.82, 2.24) is 15.1 Å². The summed E-state index contributed by atoms with van der Waals surface area (Å²) in [4.78, 5) is 4.92. The quantitative estimate of drug-likeness (QED) is 0.707. The highest BCUT2D eigenvalue weighted by Gasteiger charge is 2.24. The van der Waals surface area contributed by atoms with Gasteiger partial charge in [-0.05, 0) is 13.5 Å². The second-order valence-corrected chi connectivity index (χ2v) is 5.50. The van der Waals surface area contributed by atoms with Gasteiger partial charge in [0.1, 0.15) is 0 Å². The molecular formula is C13H29N3O. The molecule has 1 fully saturated rings. The summed E-state index contributed by atoms with van der Waals surface area (Å²) in [5.41, 5.74) is 0. The Balaban J connectivity index is 2.39. The lowest BCUT2D eigenvalue weighted by molar-refractivity contribution is 0.0767. The zero-order chi connectivity index (χ0) is 12.8. The van der Waals surface area contributed by atoms with Crippen LogP contribution in [0.1, 0.15) is 27.2 Å². The number of likely N-dealkylation sites (N-methyl/N-ethyl adjacent to an activating group) is 1. The second kappa shape index (κ2) is 7.31. The highest BCUT2D eigenvalue weighted by atomic mass is 16.3. The van der Waals surface area contributed by atoms with E-state index in [1.165, 1.54) is 6.42 Å². The summed E-state index contributed by atoms with van der Waals surface area (Å²) < 4.78 is 0. The van der Waals surface area contributed by atoms with Gasteiger partial charge in [0, 0.05) is 44.3 Å². The molecule has 1 aliphatic rings. The number of nitrogens with one attached hydrogen (secondary N) is 1. The molecule has 0 amide bonds. The third kappa shape index (κ3) is 4.92. The van der Waals surface area contributed by atoms with Gasteiger partial charge < -0.3 is 15.3 Å². The molecule has 1 saturated heterocycles. The maximum Gasteiger partial charge on any atom is 0.0597 e. The van der Waals surface area contributed by atoms with Gasteiger partial charge in [-0.3, -0.25) is 4.90 Å². The van der Waals surface area contributed by atoms with E-state index in [9.17, 15) is 5.11 Å². The first-order chi connectivity index (χ1) is 8.06. The molecule has 4 nitrogen and oxygen atoms in total. The van der Waals surface area contributed by atoms with Crippen molar-refractivity contribution >= 4 is 0 Å². The van der Waals surface area contributed by atoms with Crippen molar-refractivity contribution in [2.45, 2.75) is 45.3 Å². The van der Waals surface area contributed by atoms with Crippen molar-refractivity contribution in [2.24, 2.45) is 0 Å². The maximum atomic E-state index is 9.38. The molecule has 0 aromatic heterocycles. The number of aliphatic hydroxyl groups is 1. The zero-order valence-corrected chi connectivity index (χ0v) is 11.8. The van der Waals surface area contributed by atoms with Crippen LogP contribution in [0.25, 0.3) is 0 Å². The molecule has 4 heteroatoms. The van der Waals surface area contributed by atoms with Crippen LogP contribution in [0.5, 0.6) is 0 Å². The molecule has 1 rings (SSSR count). The predicted octanol–water partition coefficient (Wildman–Crippen LogP) is 0.371. The van der Waals surface area contributed by atoms with Crippen LogP contribution in [0.15, 0.2) is 0 Å². The van der Waals surface area contributed by atoms with Gasteiger partial charge in [-0.1, -0.05) is 20.8 Å². The Bertz CT molecular complexity index is 211. The van der Waals surface area contributed by atoms with Gasteiger partial charge in [-0.2, -0.15) is 0 Å². The van der Waals surface area contributed by atoms with Crippen molar-refractivity contribution in [1.29, 1.82) is 0 Å². The highest BCUT2D eigenvalue weighted by Crippen LogP contribution is 2.10. The fourth-order valence-corrected chi connectivity index (χ4v) is 2.56. The van der Waals surface area contributed by atoms with Gasteiger partial charge in [0.05, 0.1) is 6.61 Å². The normalized spacial score (nSPS) is 25.4. The fourth-order valence-electron chi connectivity index (χ4n) is 2.56. The monoisotopic (exact) mass is 243 g/mol. The van der Waals surface area contributed by atoms with E-state index in [0.717, 1.165) is 26.2 Å². The van der Waals surface area contributed by atoms with Crippen molar-refractivity contribution in [3.63, 3.8) is 0 Å². The fraction of sp³-hybridized carbons (Fsp3) is 1.00. The molecule has 0 radical (unpaired) electrons. The Morgan fingerprint density at radius 3 is 2.59 bits per heavy atom. The van der Waals surface area contributed by atoms with E-state index in [1.807, 2.05) is 0 Å². The highest BCUT2D eigenvalue weighted by molar-refractivity contribution is 4.82. The third-order valence-corrected chi connectivity index (χ3v) is 3.60. The topological polar surface area (TPSA) is 38.7 Å². The summed E-state index contributed by atoms with van der Waals surface area (Å²) in [7, 11) is 2.21. The summed E-state index contributed by atoms with van der Waals surface area (Å²) in [5.74, 6) is 0. The van der Waals surface area contributed by atoms with Crippen LogP contribution in [0.4, 0.5) is 0 Å². The van der Waals surface area contributed by atoms with Crippen LogP contribution in [0, 0.1) is 0 Å². The lowest BCUT2D eigenvalue weighted by Gasteiger charge is -2.40. The number of hydrogen-bond donors (Lipinski definition) is 2. The van der Waals surface area contributed by atoms with Crippen LogP contribution in [0.3, 0.4) is 0 Å². The van der Waals surface area contributed by atoms with Gasteiger partial charge >= 0.3 is 0 Å². The molecule has 0 saturated carbocycles. The molecule has 2 unspecified atom stereocenters. The number of nitrogens with zero attached hydrogens (tertiary/aromatic N) is 2. The Morgan fingerprint density at radius 1 is 1.35 bits per heavy atom. The van der Waals surface area contributed by atoms with Gasteiger partial charge in [-0.15, -0.1) is 0 Å². The minimum absolute atomic E-state index is 0.205. The summed E-state index contributed by atoms with van der Waals surface area (Å²) >= 11 is 0. The minimum Gasteiger partial charge on any atom is -0.395 e. The molecule has 1 heterocycles. The Morgan fingerprint density at radius 2 is 2.06 bits per heavy atom. The molecule has 0 aromatic rings. The third-order valence-electron chi connectivity index (χ3n) is 3.60. The summed E-state index contributed by atoms with van der Waals surface area (Å²) in [5, 5.41) is 12.8. The van der Waals surface area contributed by atoms with E-state index in [1.54, 1.807) is 0 Å². The van der Waals surface area contributed by atoms with Crippen LogP contribution >= 0.6 is 0 Å². The van der Waals surface area contributed by atoms with Crippen molar-refractivity contribution in [3.8, 4) is 0 Å². The van der Waals surface area contributed by atoms with Crippen LogP contribution in [-0.4, -0.2) is 72.9 Å². The van der Waals surface area contributed by atoms with E-state index >= 15 is 0 Å². The summed E-state index contributed by atoms with van der Waals surface area (Å²) in [6, 6.07) is 1.31. The molecule has 0 bridgehead atoms. The van der Waals surface area contributed by atoms with Crippen LogP contribution in [0.2, 0.25) is 0 Å². The number of piperazine rings is 1. The van der Waals surface area contributed by atoms with E-state index < -0.39 is 0 Å². The first-order valence-corrected chi connectivity index (χ1v) is 6.86. The van der Waals surface area contributed by atoms with Gasteiger partial charge in [0.15, 0.2) is 0 Å². The van der Waals surface area contributed by atoms with Crippen molar-refractivity contribution < 1.29 is 5.11 Å². The zero-order valence-electron chi connectivity index (χ0n) is 11.8. The van der Waals surface area contributed by atoms with E-state index in [2.05, 4.69) is 42.9 Å². The van der Waals surface area contributed by atoms with E-state index in [0.29, 0.717) is 12.1 Å². The molecule has 0 aromatic carbocycles. The SMILES string of the molecule is CCC1CN(CC(CO)NC(C)C)CCN1C. The van der Waals surface area contributed by atoms with Crippen LogP contribution in [-0.2, 0) is 0 Å². The number of rotatable bonds is 6. The molecule has 102 valence electrons. The van der Waals surface area contributed by atoms with Crippen molar-refractivity contribution in [2.75, 3.05) is 39.8 Å². The minimum atomic E-state index is 0.205. The molecule has 0 aliphatic carbocycles. The maximum absolute atomic E-state index is 9.38. The smallest absolute Gasteiger partial charge is 0.0597 e. The standard InChI is InChI=1S/C13H29N3O/c1-5-13-9-16(7-6-15(13)4)8-12(10-17)14-11(2)3/h11-14,17H,5-10H2,1-4H3. The van der Waals surface area contributed by atoms with Gasteiger partial charge in [0.25, 0.3) is 0 Å². The van der Waals surface area contributed by atoms with Crippen molar-refractivity contribution in [3.05, 3.63) is 0 Å². The van der Waals surface area contributed by atoms with Gasteiger partial charge in [0.2, 0.25) is 0 Å². The Labute approximate surface area is 106 Å². The van der Waals surface area contributed by atoms with Gasteiger partial charge in [-0.25, -0.2) is 0 Å². The van der Waals surface area contributed by atoms with E-state index in [4.69, 9.17) is 0 Å². The largest absolute Gasteiger partial charge is 0.395 e. The molecule has 0 spiro atoms. The number of aliphatic hydroxyl groups excluding tert-OH is 1. The summed E-state index contributed by atoms with van der Waals surface area (Å²) in [6.45, 7) is 11.1. The molecular weight excluding hydrogens is 214 g/mol. The Hall–Kier alpha value is -0.160. The second-order valence-electron chi connectivity index (χ2n) is 5.50. The first kappa shape index (κ1) is 14.9. The number of hydrogen-bond acceptors (Lipinski definition) is 4. The van der Waals surface area contributed by atoms with Crippen LogP contribution < -0.4 is 5.32 Å². The molecule has 1 aliphatic heterocycles. The molecule has 17 heavy (non-hydrogen) atoms. The molecule has 2 atom stereocenters. The first-order valence-electron chi connectivity index (χ1n) is 6.86. The lowest BCUT2D eigenvalue weighted by Crippen LogP contribution is -2.55. The average molecular weight is 243 g/mol.